The zero-order valence-corrected chi connectivity index (χ0v) is 17.1. The molecule has 6 heteroatoms. The van der Waals surface area contributed by atoms with E-state index in [4.69, 9.17) is 0 Å². The molecule has 0 aliphatic carbocycles. The predicted molar refractivity (Wildman–Crippen MR) is 106 cm³/mol. The first kappa shape index (κ1) is 24.9. The van der Waals surface area contributed by atoms with Crippen molar-refractivity contribution in [3.8, 4) is 0 Å². The molecule has 0 bridgehead atoms. The highest BCUT2D eigenvalue weighted by Gasteiger charge is 2.22. The van der Waals surface area contributed by atoms with Crippen molar-refractivity contribution in [2.45, 2.75) is 78.3 Å². The van der Waals surface area contributed by atoms with Crippen molar-refractivity contribution in [3.05, 3.63) is 0 Å². The van der Waals surface area contributed by atoms with Gasteiger partial charge >= 0.3 is 0 Å². The number of aldehydes is 1. The Morgan fingerprint density at radius 3 is 2.23 bits per heavy atom. The van der Waals surface area contributed by atoms with Gasteiger partial charge in [-0.2, -0.15) is 0 Å². The Bertz CT molecular complexity index is 400. The third kappa shape index (κ3) is 12.3. The summed E-state index contributed by atoms with van der Waals surface area (Å²) >= 11 is 0. The topological polar surface area (TPSA) is 87.3 Å². The third-order valence-electron chi connectivity index (χ3n) is 4.31. The SMILES string of the molecule is CCCNCCCC(=O)C(CCC(=O)C(C=O)CCNC(C)C)NCC. The Hall–Kier alpha value is -1.11. The van der Waals surface area contributed by atoms with Crippen LogP contribution >= 0.6 is 0 Å². The Balaban J connectivity index is 4.31. The van der Waals surface area contributed by atoms with Crippen molar-refractivity contribution in [1.82, 2.24) is 16.0 Å². The van der Waals surface area contributed by atoms with Gasteiger partial charge < -0.3 is 20.7 Å². The predicted octanol–water partition coefficient (Wildman–Crippen LogP) is 1.87. The lowest BCUT2D eigenvalue weighted by Crippen LogP contribution is -2.38. The molecule has 0 saturated heterocycles. The molecular weight excluding hydrogens is 330 g/mol. The first-order valence-corrected chi connectivity index (χ1v) is 10.1. The molecular formula is C20H39N3O3. The van der Waals surface area contributed by atoms with Gasteiger partial charge in [0.2, 0.25) is 0 Å². The molecule has 0 aromatic rings. The van der Waals surface area contributed by atoms with Crippen LogP contribution in [0.1, 0.15) is 66.2 Å². The molecule has 0 amide bonds. The second kappa shape index (κ2) is 16.1. The second-order valence-corrected chi connectivity index (χ2v) is 7.08. The highest BCUT2D eigenvalue weighted by molar-refractivity contribution is 5.93. The summed E-state index contributed by atoms with van der Waals surface area (Å²) in [5.41, 5.74) is 0. The molecule has 6 nitrogen and oxygen atoms in total. The van der Waals surface area contributed by atoms with Crippen LogP contribution in [0, 0.1) is 5.92 Å². The van der Waals surface area contributed by atoms with E-state index < -0.39 is 5.92 Å². The van der Waals surface area contributed by atoms with Crippen LogP contribution < -0.4 is 16.0 Å². The molecule has 0 aromatic carbocycles. The molecule has 2 atom stereocenters. The Kier molecular flexibility index (Phi) is 15.4. The van der Waals surface area contributed by atoms with Crippen LogP contribution in [0.2, 0.25) is 0 Å². The van der Waals surface area contributed by atoms with E-state index in [1.165, 1.54) is 0 Å². The summed E-state index contributed by atoms with van der Waals surface area (Å²) in [4.78, 5) is 35.9. The lowest BCUT2D eigenvalue weighted by Gasteiger charge is -2.18. The summed E-state index contributed by atoms with van der Waals surface area (Å²) in [6, 6.07) is 0.0381. The van der Waals surface area contributed by atoms with Crippen LogP contribution in [0.5, 0.6) is 0 Å². The fourth-order valence-electron chi connectivity index (χ4n) is 2.79. The van der Waals surface area contributed by atoms with Crippen molar-refractivity contribution in [2.24, 2.45) is 5.92 Å². The fraction of sp³-hybridized carbons (Fsp3) is 0.850. The number of hydrogen-bond acceptors (Lipinski definition) is 6. The molecule has 0 aliphatic heterocycles. The Labute approximate surface area is 159 Å². The molecule has 0 rings (SSSR count). The van der Waals surface area contributed by atoms with Crippen molar-refractivity contribution in [2.75, 3.05) is 26.2 Å². The van der Waals surface area contributed by atoms with Crippen LogP contribution in [-0.2, 0) is 14.4 Å². The minimum absolute atomic E-state index is 0.0640. The van der Waals surface area contributed by atoms with Gasteiger partial charge in [0, 0.05) is 18.9 Å². The van der Waals surface area contributed by atoms with E-state index in [2.05, 4.69) is 22.9 Å². The molecule has 2 unspecified atom stereocenters. The molecule has 0 aromatic heterocycles. The quantitative estimate of drug-likeness (QED) is 0.194. The minimum Gasteiger partial charge on any atom is -0.317 e. The van der Waals surface area contributed by atoms with E-state index in [9.17, 15) is 14.4 Å². The molecule has 0 saturated carbocycles. The monoisotopic (exact) mass is 369 g/mol. The molecule has 26 heavy (non-hydrogen) atoms. The average Bonchev–Trinajstić information content (AvgIpc) is 2.61. The first-order chi connectivity index (χ1) is 12.5. The summed E-state index contributed by atoms with van der Waals surface area (Å²) in [5, 5.41) is 9.69. The summed E-state index contributed by atoms with van der Waals surface area (Å²) in [5.74, 6) is -0.482. The van der Waals surface area contributed by atoms with Gasteiger partial charge in [0.05, 0.1) is 12.0 Å². The van der Waals surface area contributed by atoms with Crippen molar-refractivity contribution in [3.63, 3.8) is 0 Å². The van der Waals surface area contributed by atoms with E-state index in [1.54, 1.807) is 0 Å². The summed E-state index contributed by atoms with van der Waals surface area (Å²) in [6.45, 7) is 11.3. The molecule has 3 N–H and O–H groups in total. The largest absolute Gasteiger partial charge is 0.317 e. The van der Waals surface area contributed by atoms with Crippen LogP contribution in [0.4, 0.5) is 0 Å². The maximum atomic E-state index is 12.4. The second-order valence-electron chi connectivity index (χ2n) is 7.08. The highest BCUT2D eigenvalue weighted by Crippen LogP contribution is 2.10. The number of Topliss-reactive ketones (excluding diaryl/α,β-unsaturated/α-hetero) is 2. The number of carbonyl (C=O) groups is 3. The van der Waals surface area contributed by atoms with E-state index in [0.29, 0.717) is 38.4 Å². The lowest BCUT2D eigenvalue weighted by molar-refractivity contribution is -0.127. The molecule has 0 radical (unpaired) electrons. The van der Waals surface area contributed by atoms with Gasteiger partial charge in [-0.1, -0.05) is 27.7 Å². The van der Waals surface area contributed by atoms with Crippen LogP contribution in [-0.4, -0.2) is 56.1 Å². The normalized spacial score (nSPS) is 13.6. The van der Waals surface area contributed by atoms with E-state index in [1.807, 2.05) is 20.8 Å². The van der Waals surface area contributed by atoms with Gasteiger partial charge in [-0.05, 0) is 51.9 Å². The Morgan fingerprint density at radius 1 is 0.923 bits per heavy atom. The molecule has 0 aliphatic rings. The van der Waals surface area contributed by atoms with E-state index in [0.717, 1.165) is 32.2 Å². The van der Waals surface area contributed by atoms with Crippen LogP contribution in [0.25, 0.3) is 0 Å². The first-order valence-electron chi connectivity index (χ1n) is 10.1. The lowest BCUT2D eigenvalue weighted by atomic mass is 9.94. The minimum atomic E-state index is -0.572. The molecule has 0 heterocycles. The van der Waals surface area contributed by atoms with Gasteiger partial charge in [-0.15, -0.1) is 0 Å². The van der Waals surface area contributed by atoms with Gasteiger partial charge in [-0.3, -0.25) is 9.59 Å². The number of nitrogens with one attached hydrogen (secondary N) is 3. The maximum Gasteiger partial charge on any atom is 0.149 e. The summed E-state index contributed by atoms with van der Waals surface area (Å²) in [7, 11) is 0. The smallest absolute Gasteiger partial charge is 0.149 e. The summed E-state index contributed by atoms with van der Waals surface area (Å²) < 4.78 is 0. The number of carbonyl (C=O) groups excluding carboxylic acids is 3. The number of hydrogen-bond donors (Lipinski definition) is 3. The number of likely N-dealkylation sites (N-methyl/N-ethyl adjacent to an activating group) is 1. The van der Waals surface area contributed by atoms with Crippen molar-refractivity contribution < 1.29 is 14.4 Å². The third-order valence-corrected chi connectivity index (χ3v) is 4.31. The van der Waals surface area contributed by atoms with E-state index >= 15 is 0 Å². The standard InChI is InChI=1S/C20H39N3O3/c1-5-12-21-13-7-8-20(26)18(22-6-2)9-10-19(25)17(15-24)11-14-23-16(3)4/h15-18,21-23H,5-14H2,1-4H3. The summed E-state index contributed by atoms with van der Waals surface area (Å²) in [6.07, 6.45) is 4.40. The van der Waals surface area contributed by atoms with Crippen LogP contribution in [0.3, 0.4) is 0 Å². The van der Waals surface area contributed by atoms with E-state index in [-0.39, 0.29) is 24.0 Å². The number of rotatable bonds is 18. The fourth-order valence-corrected chi connectivity index (χ4v) is 2.79. The van der Waals surface area contributed by atoms with Gasteiger partial charge in [-0.25, -0.2) is 0 Å². The van der Waals surface area contributed by atoms with Crippen molar-refractivity contribution >= 4 is 17.9 Å². The molecule has 0 fully saturated rings. The van der Waals surface area contributed by atoms with Gasteiger partial charge in [0.1, 0.15) is 17.9 Å². The van der Waals surface area contributed by atoms with Gasteiger partial charge in [0.25, 0.3) is 0 Å². The molecule has 0 spiro atoms. The number of ketones is 2. The maximum absolute atomic E-state index is 12.4. The highest BCUT2D eigenvalue weighted by atomic mass is 16.1. The molecule has 152 valence electrons. The zero-order chi connectivity index (χ0) is 19.8. The van der Waals surface area contributed by atoms with Crippen molar-refractivity contribution in [1.29, 1.82) is 0 Å². The Morgan fingerprint density at radius 2 is 1.65 bits per heavy atom. The zero-order valence-electron chi connectivity index (χ0n) is 17.1. The average molecular weight is 370 g/mol. The van der Waals surface area contributed by atoms with Crippen LogP contribution in [0.15, 0.2) is 0 Å². The van der Waals surface area contributed by atoms with Gasteiger partial charge in [0.15, 0.2) is 0 Å².